The highest BCUT2D eigenvalue weighted by molar-refractivity contribution is 8.02. The largest absolute Gasteiger partial charge is 0.468 e. The minimum atomic E-state index is -0.337. The van der Waals surface area contributed by atoms with Crippen LogP contribution in [0.15, 0.2) is 29.9 Å². The minimum absolute atomic E-state index is 0.0171. The molecule has 1 aromatic rings. The SMILES string of the molecule is O=C(NC1OC=CS1)C(CC1CCCC1)c1ccc(Cl)c(Cl)c1. The van der Waals surface area contributed by atoms with Gasteiger partial charge < -0.3 is 10.1 Å². The lowest BCUT2D eigenvalue weighted by molar-refractivity contribution is -0.124. The zero-order chi connectivity index (χ0) is 16.2. The molecule has 23 heavy (non-hydrogen) atoms. The summed E-state index contributed by atoms with van der Waals surface area (Å²) < 4.78 is 5.33. The first-order valence-corrected chi connectivity index (χ1v) is 9.54. The fourth-order valence-corrected chi connectivity index (χ4v) is 4.12. The second kappa shape index (κ2) is 7.82. The molecule has 6 heteroatoms. The third-order valence-electron chi connectivity index (χ3n) is 4.43. The first kappa shape index (κ1) is 17.0. The summed E-state index contributed by atoms with van der Waals surface area (Å²) in [5, 5.41) is 5.77. The number of carbonyl (C=O) groups excluding carboxylic acids is 1. The fourth-order valence-electron chi connectivity index (χ4n) is 3.23. The van der Waals surface area contributed by atoms with Crippen molar-refractivity contribution in [3.05, 3.63) is 45.5 Å². The minimum Gasteiger partial charge on any atom is -0.468 e. The molecule has 1 aromatic carbocycles. The van der Waals surface area contributed by atoms with Crippen molar-refractivity contribution >= 4 is 40.9 Å². The van der Waals surface area contributed by atoms with Crippen LogP contribution in [0.25, 0.3) is 0 Å². The zero-order valence-electron chi connectivity index (χ0n) is 12.6. The molecular formula is C17H19Cl2NO2S. The molecule has 2 aliphatic rings. The summed E-state index contributed by atoms with van der Waals surface area (Å²) in [7, 11) is 0. The van der Waals surface area contributed by atoms with Gasteiger partial charge in [-0.05, 0) is 30.0 Å². The number of rotatable bonds is 5. The van der Waals surface area contributed by atoms with Crippen LogP contribution in [0.5, 0.6) is 0 Å². The van der Waals surface area contributed by atoms with Crippen molar-refractivity contribution in [1.29, 1.82) is 0 Å². The molecule has 0 aromatic heterocycles. The lowest BCUT2D eigenvalue weighted by Gasteiger charge is -2.22. The third-order valence-corrected chi connectivity index (χ3v) is 5.91. The second-order valence-corrected chi connectivity index (χ2v) is 7.78. The van der Waals surface area contributed by atoms with Gasteiger partial charge in [0, 0.05) is 5.41 Å². The molecule has 0 spiro atoms. The van der Waals surface area contributed by atoms with Crippen LogP contribution in [0.2, 0.25) is 10.0 Å². The molecule has 1 N–H and O–H groups in total. The van der Waals surface area contributed by atoms with E-state index in [0.29, 0.717) is 16.0 Å². The van der Waals surface area contributed by atoms with Crippen molar-refractivity contribution in [2.45, 2.75) is 43.6 Å². The Morgan fingerprint density at radius 1 is 1.30 bits per heavy atom. The third kappa shape index (κ3) is 4.37. The fraction of sp³-hybridized carbons (Fsp3) is 0.471. The maximum Gasteiger partial charge on any atom is 0.231 e. The second-order valence-electron chi connectivity index (χ2n) is 6.00. The molecule has 0 bridgehead atoms. The maximum absolute atomic E-state index is 12.8. The molecule has 1 fully saturated rings. The van der Waals surface area contributed by atoms with Gasteiger partial charge in [-0.2, -0.15) is 0 Å². The monoisotopic (exact) mass is 371 g/mol. The van der Waals surface area contributed by atoms with Gasteiger partial charge in [0.15, 0.2) is 0 Å². The maximum atomic E-state index is 12.8. The number of carbonyl (C=O) groups is 1. The van der Waals surface area contributed by atoms with E-state index in [2.05, 4.69) is 5.32 Å². The van der Waals surface area contributed by atoms with Gasteiger partial charge in [-0.3, -0.25) is 4.79 Å². The molecule has 3 nitrogen and oxygen atoms in total. The van der Waals surface area contributed by atoms with Gasteiger partial charge >= 0.3 is 0 Å². The Kier molecular flexibility index (Phi) is 5.78. The molecule has 2 atom stereocenters. The highest BCUT2D eigenvalue weighted by atomic mass is 35.5. The Balaban J connectivity index is 1.76. The number of ether oxygens (including phenoxy) is 1. The lowest BCUT2D eigenvalue weighted by Crippen LogP contribution is -2.36. The van der Waals surface area contributed by atoms with Gasteiger partial charge in [-0.1, -0.05) is 66.7 Å². The summed E-state index contributed by atoms with van der Waals surface area (Å²) in [6.07, 6.45) is 7.34. The molecule has 1 heterocycles. The van der Waals surface area contributed by atoms with Crippen LogP contribution in [-0.2, 0) is 9.53 Å². The Morgan fingerprint density at radius 3 is 2.74 bits per heavy atom. The average Bonchev–Trinajstić information content (AvgIpc) is 3.21. The van der Waals surface area contributed by atoms with Crippen LogP contribution in [0.4, 0.5) is 0 Å². The zero-order valence-corrected chi connectivity index (χ0v) is 15.0. The molecular weight excluding hydrogens is 353 g/mol. The smallest absolute Gasteiger partial charge is 0.231 e. The van der Waals surface area contributed by atoms with Gasteiger partial charge in [-0.15, -0.1) is 0 Å². The highest BCUT2D eigenvalue weighted by Crippen LogP contribution is 2.36. The molecule has 0 saturated heterocycles. The van der Waals surface area contributed by atoms with Crippen LogP contribution in [0.1, 0.15) is 43.6 Å². The van der Waals surface area contributed by atoms with E-state index in [0.717, 1.165) is 12.0 Å². The number of amides is 1. The molecule has 2 unspecified atom stereocenters. The van der Waals surface area contributed by atoms with Gasteiger partial charge in [0.25, 0.3) is 0 Å². The summed E-state index contributed by atoms with van der Waals surface area (Å²) in [5.41, 5.74) is 0.580. The first-order chi connectivity index (χ1) is 11.1. The van der Waals surface area contributed by atoms with E-state index >= 15 is 0 Å². The number of halogens is 2. The molecule has 1 aliphatic carbocycles. The number of thioether (sulfide) groups is 1. The lowest BCUT2D eigenvalue weighted by atomic mass is 9.87. The molecule has 1 amide bonds. The first-order valence-electron chi connectivity index (χ1n) is 7.85. The number of nitrogens with one attached hydrogen (secondary N) is 1. The summed E-state index contributed by atoms with van der Waals surface area (Å²) in [6, 6.07) is 5.47. The van der Waals surface area contributed by atoms with Crippen LogP contribution in [-0.4, -0.2) is 11.5 Å². The Bertz CT molecular complexity index is 594. The predicted octanol–water partition coefficient (Wildman–Crippen LogP) is 5.29. The number of benzene rings is 1. The van der Waals surface area contributed by atoms with Crippen molar-refractivity contribution in [2.24, 2.45) is 5.92 Å². The molecule has 3 rings (SSSR count). The van der Waals surface area contributed by atoms with Crippen molar-refractivity contribution in [3.8, 4) is 0 Å². The molecule has 0 radical (unpaired) electrons. The Hall–Kier alpha value is -0.840. The quantitative estimate of drug-likeness (QED) is 0.763. The highest BCUT2D eigenvalue weighted by Gasteiger charge is 2.29. The summed E-state index contributed by atoms with van der Waals surface area (Å²) >= 11 is 13.6. The predicted molar refractivity (Wildman–Crippen MR) is 95.5 cm³/mol. The van der Waals surface area contributed by atoms with Crippen molar-refractivity contribution in [1.82, 2.24) is 5.32 Å². The van der Waals surface area contributed by atoms with Crippen LogP contribution >= 0.6 is 35.0 Å². The van der Waals surface area contributed by atoms with Gasteiger partial charge in [0.1, 0.15) is 0 Å². The Morgan fingerprint density at radius 2 is 2.09 bits per heavy atom. The van der Waals surface area contributed by atoms with E-state index < -0.39 is 0 Å². The van der Waals surface area contributed by atoms with Gasteiger partial charge in [0.05, 0.1) is 22.2 Å². The van der Waals surface area contributed by atoms with E-state index in [9.17, 15) is 4.79 Å². The number of hydrogen-bond donors (Lipinski definition) is 1. The topological polar surface area (TPSA) is 38.3 Å². The van der Waals surface area contributed by atoms with Crippen molar-refractivity contribution in [3.63, 3.8) is 0 Å². The van der Waals surface area contributed by atoms with E-state index in [1.165, 1.54) is 37.4 Å². The van der Waals surface area contributed by atoms with Crippen molar-refractivity contribution in [2.75, 3.05) is 0 Å². The number of hydrogen-bond acceptors (Lipinski definition) is 3. The molecule has 1 saturated carbocycles. The van der Waals surface area contributed by atoms with E-state index in [1.54, 1.807) is 12.3 Å². The van der Waals surface area contributed by atoms with Crippen LogP contribution < -0.4 is 5.32 Å². The molecule has 124 valence electrons. The van der Waals surface area contributed by atoms with E-state index in [1.807, 2.05) is 17.5 Å². The van der Waals surface area contributed by atoms with Crippen LogP contribution in [0, 0.1) is 5.92 Å². The van der Waals surface area contributed by atoms with Gasteiger partial charge in [-0.25, -0.2) is 0 Å². The average molecular weight is 372 g/mol. The summed E-state index contributed by atoms with van der Waals surface area (Å²) in [6.45, 7) is 0. The summed E-state index contributed by atoms with van der Waals surface area (Å²) in [5.74, 6) is 0.352. The van der Waals surface area contributed by atoms with Crippen LogP contribution in [0.3, 0.4) is 0 Å². The Labute approximate surface area is 150 Å². The summed E-state index contributed by atoms with van der Waals surface area (Å²) in [4.78, 5) is 12.8. The van der Waals surface area contributed by atoms with Gasteiger partial charge in [0.2, 0.25) is 11.5 Å². The normalized spacial score (nSPS) is 22.1. The standard InChI is InChI=1S/C17H19Cl2NO2S/c18-14-6-5-12(10-15(14)19)13(9-11-3-1-2-4-11)16(21)20-17-22-7-8-23-17/h5-8,10-11,13,17H,1-4,9H2,(H,20,21). The van der Waals surface area contributed by atoms with Crippen molar-refractivity contribution < 1.29 is 9.53 Å². The molecule has 1 aliphatic heterocycles. The van der Waals surface area contributed by atoms with E-state index in [-0.39, 0.29) is 17.4 Å². The van der Waals surface area contributed by atoms with E-state index in [4.69, 9.17) is 27.9 Å².